The van der Waals surface area contributed by atoms with Crippen LogP contribution in [0.1, 0.15) is 40.0 Å². The van der Waals surface area contributed by atoms with Crippen molar-refractivity contribution in [2.75, 3.05) is 13.1 Å². The van der Waals surface area contributed by atoms with E-state index in [1.54, 1.807) is 11.1 Å². The Hall–Kier alpha value is -2.79. The Bertz CT molecular complexity index is 1060. The first-order chi connectivity index (χ1) is 14.2. The number of aliphatic hydroxyl groups excluding tert-OH is 1. The van der Waals surface area contributed by atoms with E-state index < -0.39 is 6.10 Å². The zero-order valence-corrected chi connectivity index (χ0v) is 16.4. The van der Waals surface area contributed by atoms with Gasteiger partial charge in [-0.3, -0.25) is 14.8 Å². The van der Waals surface area contributed by atoms with Gasteiger partial charge in [-0.15, -0.1) is 0 Å². The summed E-state index contributed by atoms with van der Waals surface area (Å²) in [5.74, 6) is 0.00218. The predicted octanol–water partition coefficient (Wildman–Crippen LogP) is 3.18. The average Bonchev–Trinajstić information content (AvgIpc) is 3.13. The molecule has 1 aliphatic carbocycles. The number of para-hydroxylation sites is 1. The Kier molecular flexibility index (Phi) is 4.76. The third-order valence-electron chi connectivity index (χ3n) is 6.33. The van der Waals surface area contributed by atoms with Gasteiger partial charge in [0.1, 0.15) is 0 Å². The molecule has 0 radical (unpaired) electrons. The fraction of sp³-hybridized carbons (Fsp3) is 0.375. The van der Waals surface area contributed by atoms with Gasteiger partial charge in [-0.1, -0.05) is 18.2 Å². The molecule has 0 unspecified atom stereocenters. The molecule has 29 heavy (non-hydrogen) atoms. The van der Waals surface area contributed by atoms with Crippen LogP contribution in [-0.2, 0) is 19.3 Å². The highest BCUT2D eigenvalue weighted by Gasteiger charge is 2.35. The van der Waals surface area contributed by atoms with Crippen LogP contribution in [0.5, 0.6) is 0 Å². The Labute approximate surface area is 170 Å². The van der Waals surface area contributed by atoms with Crippen molar-refractivity contribution in [3.05, 3.63) is 71.2 Å². The summed E-state index contributed by atoms with van der Waals surface area (Å²) in [5.41, 5.74) is 5.13. The molecule has 0 bridgehead atoms. The number of rotatable bonds is 3. The lowest BCUT2D eigenvalue weighted by Gasteiger charge is -2.19. The highest BCUT2D eigenvalue weighted by atomic mass is 16.3. The lowest BCUT2D eigenvalue weighted by Crippen LogP contribution is -2.30. The molecule has 1 fully saturated rings. The van der Waals surface area contributed by atoms with Gasteiger partial charge in [0.2, 0.25) is 0 Å². The van der Waals surface area contributed by atoms with Crippen molar-refractivity contribution >= 4 is 16.8 Å². The predicted molar refractivity (Wildman–Crippen MR) is 112 cm³/mol. The molecule has 2 atom stereocenters. The summed E-state index contributed by atoms with van der Waals surface area (Å²) < 4.78 is 0. The van der Waals surface area contributed by atoms with E-state index >= 15 is 0 Å². The van der Waals surface area contributed by atoms with Crippen molar-refractivity contribution in [2.24, 2.45) is 5.92 Å². The minimum atomic E-state index is -0.517. The molecule has 3 aromatic rings. The van der Waals surface area contributed by atoms with Crippen molar-refractivity contribution in [1.82, 2.24) is 14.9 Å². The van der Waals surface area contributed by atoms with E-state index in [0.717, 1.165) is 42.3 Å². The standard InChI is InChI=1S/C24H25N3O2/c28-23-15-27(24(29)18-12-17-5-1-3-7-21(17)26-13-18)14-19(23)11-16-9-10-25-22-8-4-2-6-20(16)22/h2,4,6,8-10,12-13,19,23,28H,1,3,5,7,11,14-15H2/t19-,23-/m1/s1. The molecule has 5 heteroatoms. The van der Waals surface area contributed by atoms with Crippen LogP contribution < -0.4 is 0 Å². The van der Waals surface area contributed by atoms with E-state index in [4.69, 9.17) is 0 Å². The molecule has 1 aliphatic heterocycles. The van der Waals surface area contributed by atoms with Crippen molar-refractivity contribution < 1.29 is 9.90 Å². The molecule has 2 aromatic heterocycles. The van der Waals surface area contributed by atoms with Crippen LogP contribution in [0.3, 0.4) is 0 Å². The summed E-state index contributed by atoms with van der Waals surface area (Å²) >= 11 is 0. The lowest BCUT2D eigenvalue weighted by molar-refractivity contribution is 0.0764. The number of carbonyl (C=O) groups is 1. The maximum atomic E-state index is 13.1. The first-order valence-corrected chi connectivity index (χ1v) is 10.5. The summed E-state index contributed by atoms with van der Waals surface area (Å²) in [5, 5.41) is 11.8. The van der Waals surface area contributed by atoms with E-state index in [1.165, 1.54) is 17.5 Å². The molecular formula is C24H25N3O2. The molecule has 1 N–H and O–H groups in total. The Morgan fingerprint density at radius 3 is 2.90 bits per heavy atom. The molecule has 3 heterocycles. The third kappa shape index (κ3) is 3.51. The number of aryl methyl sites for hydroxylation is 2. The SMILES string of the molecule is O=C(c1cnc2c(c1)CCCC2)N1C[C@@H](Cc2ccnc3ccccc23)[C@H](O)C1. The number of aromatic nitrogens is 2. The van der Waals surface area contributed by atoms with Crippen LogP contribution in [-0.4, -0.2) is 45.1 Å². The summed E-state index contributed by atoms with van der Waals surface area (Å²) in [4.78, 5) is 23.8. The maximum absolute atomic E-state index is 13.1. The molecule has 0 spiro atoms. The van der Waals surface area contributed by atoms with Gasteiger partial charge in [0, 0.05) is 42.5 Å². The summed E-state index contributed by atoms with van der Waals surface area (Å²) in [7, 11) is 0. The molecule has 5 rings (SSSR count). The zero-order valence-electron chi connectivity index (χ0n) is 16.4. The fourth-order valence-corrected chi connectivity index (χ4v) is 4.72. The van der Waals surface area contributed by atoms with Gasteiger partial charge < -0.3 is 10.0 Å². The summed E-state index contributed by atoms with van der Waals surface area (Å²) in [6.07, 6.45) is 8.10. The lowest BCUT2D eigenvalue weighted by atomic mass is 9.94. The summed E-state index contributed by atoms with van der Waals surface area (Å²) in [6.45, 7) is 0.942. The second-order valence-corrected chi connectivity index (χ2v) is 8.27. The zero-order chi connectivity index (χ0) is 19.8. The Morgan fingerprint density at radius 2 is 1.97 bits per heavy atom. The van der Waals surface area contributed by atoms with E-state index in [2.05, 4.69) is 16.0 Å². The number of amides is 1. The number of benzene rings is 1. The van der Waals surface area contributed by atoms with Crippen LogP contribution in [0.15, 0.2) is 48.8 Å². The topological polar surface area (TPSA) is 66.3 Å². The fourth-order valence-electron chi connectivity index (χ4n) is 4.72. The minimum absolute atomic E-state index is 0.0213. The van der Waals surface area contributed by atoms with Crippen LogP contribution in [0, 0.1) is 5.92 Å². The van der Waals surface area contributed by atoms with E-state index in [-0.39, 0.29) is 11.8 Å². The number of hydrogen-bond acceptors (Lipinski definition) is 4. The van der Waals surface area contributed by atoms with Crippen molar-refractivity contribution in [1.29, 1.82) is 0 Å². The molecule has 148 valence electrons. The second-order valence-electron chi connectivity index (χ2n) is 8.27. The van der Waals surface area contributed by atoms with Crippen molar-refractivity contribution in [2.45, 2.75) is 38.2 Å². The molecule has 1 amide bonds. The maximum Gasteiger partial charge on any atom is 0.255 e. The minimum Gasteiger partial charge on any atom is -0.391 e. The Morgan fingerprint density at radius 1 is 1.10 bits per heavy atom. The third-order valence-corrected chi connectivity index (χ3v) is 6.33. The van der Waals surface area contributed by atoms with Gasteiger partial charge in [0.15, 0.2) is 0 Å². The molecular weight excluding hydrogens is 362 g/mol. The van der Waals surface area contributed by atoms with E-state index in [9.17, 15) is 9.90 Å². The number of hydrogen-bond donors (Lipinski definition) is 1. The van der Waals surface area contributed by atoms with Gasteiger partial charge in [-0.2, -0.15) is 0 Å². The van der Waals surface area contributed by atoms with Gasteiger partial charge in [-0.05, 0) is 61.4 Å². The monoisotopic (exact) mass is 387 g/mol. The van der Waals surface area contributed by atoms with Crippen molar-refractivity contribution in [3.63, 3.8) is 0 Å². The number of carbonyl (C=O) groups excluding carboxylic acids is 1. The molecule has 0 saturated carbocycles. The van der Waals surface area contributed by atoms with Gasteiger partial charge >= 0.3 is 0 Å². The van der Waals surface area contributed by atoms with Gasteiger partial charge in [0.05, 0.1) is 17.2 Å². The van der Waals surface area contributed by atoms with E-state index in [1.807, 2.05) is 36.5 Å². The second kappa shape index (κ2) is 7.56. The van der Waals surface area contributed by atoms with Gasteiger partial charge in [0.25, 0.3) is 5.91 Å². The number of pyridine rings is 2. The molecule has 2 aliphatic rings. The molecule has 5 nitrogen and oxygen atoms in total. The van der Waals surface area contributed by atoms with Crippen molar-refractivity contribution in [3.8, 4) is 0 Å². The van der Waals surface area contributed by atoms with Crippen LogP contribution >= 0.6 is 0 Å². The normalized spacial score (nSPS) is 21.3. The quantitative estimate of drug-likeness (QED) is 0.750. The number of fused-ring (bicyclic) bond motifs is 2. The van der Waals surface area contributed by atoms with Crippen LogP contribution in [0.2, 0.25) is 0 Å². The number of β-amino-alcohol motifs (C(OH)–C–C–N with tert-alkyl or cyclic N) is 1. The number of aliphatic hydroxyl groups is 1. The first-order valence-electron chi connectivity index (χ1n) is 10.5. The highest BCUT2D eigenvalue weighted by molar-refractivity contribution is 5.94. The highest BCUT2D eigenvalue weighted by Crippen LogP contribution is 2.27. The number of likely N-dealkylation sites (tertiary alicyclic amines) is 1. The molecule has 1 saturated heterocycles. The average molecular weight is 387 g/mol. The van der Waals surface area contributed by atoms with Crippen LogP contribution in [0.4, 0.5) is 0 Å². The van der Waals surface area contributed by atoms with Gasteiger partial charge in [-0.25, -0.2) is 0 Å². The summed E-state index contributed by atoms with van der Waals surface area (Å²) in [6, 6.07) is 12.1. The largest absolute Gasteiger partial charge is 0.391 e. The number of nitrogens with zero attached hydrogens (tertiary/aromatic N) is 3. The Balaban J connectivity index is 1.33. The smallest absolute Gasteiger partial charge is 0.255 e. The molecule has 1 aromatic carbocycles. The first kappa shape index (κ1) is 18.3. The van der Waals surface area contributed by atoms with E-state index in [0.29, 0.717) is 18.7 Å². The van der Waals surface area contributed by atoms with Crippen LogP contribution in [0.25, 0.3) is 10.9 Å².